The number of carbonyl (C=O) groups is 1. The molecule has 5 heteroatoms. The molecule has 1 saturated heterocycles. The average Bonchev–Trinajstić information content (AvgIpc) is 2.61. The molecule has 106 valence electrons. The Labute approximate surface area is 110 Å². The van der Waals surface area contributed by atoms with Crippen molar-refractivity contribution in [2.75, 3.05) is 53.0 Å². The lowest BCUT2D eigenvalue weighted by Crippen LogP contribution is -2.37. The zero-order chi connectivity index (χ0) is 13.4. The molecule has 1 rings (SSSR count). The van der Waals surface area contributed by atoms with E-state index in [0.717, 1.165) is 45.8 Å². The number of ether oxygens (including phenoxy) is 1. The highest BCUT2D eigenvalue weighted by molar-refractivity contribution is 5.76. The zero-order valence-electron chi connectivity index (χ0n) is 11.7. The second-order valence-corrected chi connectivity index (χ2v) is 5.11. The first-order valence-corrected chi connectivity index (χ1v) is 6.86. The lowest BCUT2D eigenvalue weighted by molar-refractivity contribution is -0.131. The first-order chi connectivity index (χ1) is 8.67. The Balaban J connectivity index is 2.34. The van der Waals surface area contributed by atoms with Gasteiger partial charge in [-0.3, -0.25) is 9.69 Å². The lowest BCUT2D eigenvalue weighted by atomic mass is 10.1. The van der Waals surface area contributed by atoms with Gasteiger partial charge in [-0.2, -0.15) is 0 Å². The number of rotatable bonds is 6. The minimum absolute atomic E-state index is 0.251. The summed E-state index contributed by atoms with van der Waals surface area (Å²) in [7, 11) is 1.72. The van der Waals surface area contributed by atoms with Crippen LogP contribution in [0, 0.1) is 5.92 Å². The van der Waals surface area contributed by atoms with Gasteiger partial charge in [-0.15, -0.1) is 0 Å². The summed E-state index contributed by atoms with van der Waals surface area (Å²) in [6, 6.07) is 0. The molecule has 0 bridgehead atoms. The quantitative estimate of drug-likeness (QED) is 0.736. The number of hydrogen-bond donors (Lipinski definition) is 1. The van der Waals surface area contributed by atoms with Crippen LogP contribution < -0.4 is 5.73 Å². The van der Waals surface area contributed by atoms with Gasteiger partial charge in [0, 0.05) is 39.7 Å². The van der Waals surface area contributed by atoms with E-state index in [4.69, 9.17) is 10.5 Å². The molecule has 5 nitrogen and oxygen atoms in total. The highest BCUT2D eigenvalue weighted by Gasteiger charge is 2.19. The average molecular weight is 257 g/mol. The Hall–Kier alpha value is -0.650. The monoisotopic (exact) mass is 257 g/mol. The van der Waals surface area contributed by atoms with Crippen molar-refractivity contribution in [1.82, 2.24) is 9.80 Å². The third-order valence-electron chi connectivity index (χ3n) is 3.48. The maximum atomic E-state index is 12.1. The summed E-state index contributed by atoms with van der Waals surface area (Å²) in [4.78, 5) is 16.4. The normalized spacial score (nSPS) is 19.6. The van der Waals surface area contributed by atoms with Crippen LogP contribution in [0.1, 0.15) is 19.8 Å². The number of amides is 1. The van der Waals surface area contributed by atoms with E-state index in [-0.39, 0.29) is 11.8 Å². The van der Waals surface area contributed by atoms with Crippen molar-refractivity contribution in [2.24, 2.45) is 11.7 Å². The molecule has 0 aromatic heterocycles. The van der Waals surface area contributed by atoms with Crippen LogP contribution in [-0.2, 0) is 9.53 Å². The van der Waals surface area contributed by atoms with Crippen molar-refractivity contribution in [3.05, 3.63) is 0 Å². The molecule has 0 spiro atoms. The summed E-state index contributed by atoms with van der Waals surface area (Å²) < 4.78 is 5.09. The Morgan fingerprint density at radius 1 is 1.33 bits per heavy atom. The van der Waals surface area contributed by atoms with Crippen molar-refractivity contribution in [1.29, 1.82) is 0 Å². The molecule has 0 radical (unpaired) electrons. The molecule has 1 heterocycles. The van der Waals surface area contributed by atoms with Gasteiger partial charge in [-0.05, 0) is 25.4 Å². The van der Waals surface area contributed by atoms with Gasteiger partial charge >= 0.3 is 0 Å². The summed E-state index contributed by atoms with van der Waals surface area (Å²) in [5.74, 6) is 0.534. The summed E-state index contributed by atoms with van der Waals surface area (Å²) in [5, 5.41) is 0. The van der Waals surface area contributed by atoms with Crippen LogP contribution in [0.25, 0.3) is 0 Å². The number of nitrogens with two attached hydrogens (primary N) is 1. The molecule has 1 atom stereocenters. The van der Waals surface area contributed by atoms with Gasteiger partial charge < -0.3 is 15.4 Å². The number of carbonyl (C=O) groups excluding carboxylic acids is 1. The van der Waals surface area contributed by atoms with Crippen molar-refractivity contribution in [3.8, 4) is 0 Å². The van der Waals surface area contributed by atoms with Gasteiger partial charge in [0.15, 0.2) is 0 Å². The Morgan fingerprint density at radius 3 is 2.78 bits per heavy atom. The molecule has 0 aliphatic carbocycles. The van der Waals surface area contributed by atoms with Gasteiger partial charge in [0.25, 0.3) is 0 Å². The fourth-order valence-electron chi connectivity index (χ4n) is 2.17. The first kappa shape index (κ1) is 15.4. The van der Waals surface area contributed by atoms with Crippen LogP contribution in [0.15, 0.2) is 0 Å². The standard InChI is InChI=1S/C13H27N3O2/c1-12(11-14)10-13(17)16-5-3-4-15(6-7-16)8-9-18-2/h12H,3-11,14H2,1-2H3. The molecule has 0 aromatic carbocycles. The molecular weight excluding hydrogens is 230 g/mol. The van der Waals surface area contributed by atoms with Crippen LogP contribution in [0.4, 0.5) is 0 Å². The van der Waals surface area contributed by atoms with Crippen molar-refractivity contribution >= 4 is 5.91 Å². The Morgan fingerprint density at radius 2 is 2.11 bits per heavy atom. The van der Waals surface area contributed by atoms with E-state index in [2.05, 4.69) is 4.90 Å². The molecule has 1 unspecified atom stereocenters. The smallest absolute Gasteiger partial charge is 0.222 e. The van der Waals surface area contributed by atoms with Gasteiger partial charge in [0.2, 0.25) is 5.91 Å². The second-order valence-electron chi connectivity index (χ2n) is 5.11. The fraction of sp³-hybridized carbons (Fsp3) is 0.923. The van der Waals surface area contributed by atoms with Crippen LogP contribution in [0.2, 0.25) is 0 Å². The minimum Gasteiger partial charge on any atom is -0.383 e. The van der Waals surface area contributed by atoms with Crippen LogP contribution >= 0.6 is 0 Å². The summed E-state index contributed by atoms with van der Waals surface area (Å²) >= 11 is 0. The molecule has 1 fully saturated rings. The van der Waals surface area contributed by atoms with E-state index < -0.39 is 0 Å². The largest absolute Gasteiger partial charge is 0.383 e. The molecule has 2 N–H and O–H groups in total. The predicted octanol–water partition coefficient (Wildman–Crippen LogP) is 0.152. The zero-order valence-corrected chi connectivity index (χ0v) is 11.7. The highest BCUT2D eigenvalue weighted by atomic mass is 16.5. The first-order valence-electron chi connectivity index (χ1n) is 6.86. The second kappa shape index (κ2) is 8.45. The molecule has 1 amide bonds. The van der Waals surface area contributed by atoms with Crippen molar-refractivity contribution in [2.45, 2.75) is 19.8 Å². The van der Waals surface area contributed by atoms with Crippen LogP contribution in [0.3, 0.4) is 0 Å². The number of methoxy groups -OCH3 is 1. The van der Waals surface area contributed by atoms with Crippen LogP contribution in [0.5, 0.6) is 0 Å². The summed E-state index contributed by atoms with van der Waals surface area (Å²) in [5.41, 5.74) is 5.56. The SMILES string of the molecule is COCCN1CCCN(C(=O)CC(C)CN)CC1. The van der Waals surface area contributed by atoms with Crippen molar-refractivity contribution in [3.63, 3.8) is 0 Å². The van der Waals surface area contributed by atoms with Gasteiger partial charge in [-0.1, -0.05) is 6.92 Å². The van der Waals surface area contributed by atoms with E-state index in [1.54, 1.807) is 7.11 Å². The summed E-state index contributed by atoms with van der Waals surface area (Å²) in [6.45, 7) is 8.04. The molecule has 0 aromatic rings. The van der Waals surface area contributed by atoms with Gasteiger partial charge in [0.1, 0.15) is 0 Å². The molecule has 1 aliphatic rings. The maximum absolute atomic E-state index is 12.1. The minimum atomic E-state index is 0.251. The number of nitrogens with zero attached hydrogens (tertiary/aromatic N) is 2. The molecule has 0 saturated carbocycles. The van der Waals surface area contributed by atoms with E-state index in [1.165, 1.54) is 0 Å². The molecular formula is C13H27N3O2. The predicted molar refractivity (Wildman–Crippen MR) is 72.3 cm³/mol. The van der Waals surface area contributed by atoms with Gasteiger partial charge in [0.05, 0.1) is 6.61 Å². The topological polar surface area (TPSA) is 58.8 Å². The van der Waals surface area contributed by atoms with E-state index >= 15 is 0 Å². The highest BCUT2D eigenvalue weighted by Crippen LogP contribution is 2.08. The third-order valence-corrected chi connectivity index (χ3v) is 3.48. The molecule has 1 aliphatic heterocycles. The van der Waals surface area contributed by atoms with E-state index in [0.29, 0.717) is 13.0 Å². The van der Waals surface area contributed by atoms with E-state index in [9.17, 15) is 4.79 Å². The number of hydrogen-bond acceptors (Lipinski definition) is 4. The third kappa shape index (κ3) is 5.33. The summed E-state index contributed by atoms with van der Waals surface area (Å²) in [6.07, 6.45) is 1.63. The van der Waals surface area contributed by atoms with Crippen LogP contribution in [-0.4, -0.2) is 68.7 Å². The van der Waals surface area contributed by atoms with Gasteiger partial charge in [-0.25, -0.2) is 0 Å². The van der Waals surface area contributed by atoms with E-state index in [1.807, 2.05) is 11.8 Å². The Kier molecular flexibility index (Phi) is 7.23. The Bertz CT molecular complexity index is 248. The fourth-order valence-corrected chi connectivity index (χ4v) is 2.17. The maximum Gasteiger partial charge on any atom is 0.222 e. The van der Waals surface area contributed by atoms with Crippen molar-refractivity contribution < 1.29 is 9.53 Å². The molecule has 18 heavy (non-hydrogen) atoms. The lowest BCUT2D eigenvalue weighted by Gasteiger charge is -2.23.